The molecule has 4 fully saturated rings. The molecule has 5 heteroatoms. The summed E-state index contributed by atoms with van der Waals surface area (Å²) in [4.78, 5) is 5.31. The third-order valence-corrected chi connectivity index (χ3v) is 7.43. The third-order valence-electron chi connectivity index (χ3n) is 7.43. The summed E-state index contributed by atoms with van der Waals surface area (Å²) < 4.78 is 8.65. The summed E-state index contributed by atoms with van der Waals surface area (Å²) in [6.07, 6.45) is 12.3. The summed E-state index contributed by atoms with van der Waals surface area (Å²) >= 11 is 0. The molecule has 0 aromatic carbocycles. The zero-order valence-electron chi connectivity index (χ0n) is 16.2. The fourth-order valence-electron chi connectivity index (χ4n) is 5.56. The van der Waals surface area contributed by atoms with Crippen LogP contribution < -0.4 is 0 Å². The van der Waals surface area contributed by atoms with Crippen molar-refractivity contribution in [2.24, 2.45) is 17.8 Å². The van der Waals surface area contributed by atoms with Gasteiger partial charge in [-0.25, -0.2) is 0 Å². The van der Waals surface area contributed by atoms with E-state index in [1.165, 1.54) is 64.7 Å². The van der Waals surface area contributed by atoms with Crippen molar-refractivity contribution in [3.8, 4) is 0 Å². The predicted octanol–water partition coefficient (Wildman–Crippen LogP) is 2.66. The van der Waals surface area contributed by atoms with Crippen molar-refractivity contribution in [3.05, 3.63) is 18.5 Å². The molecule has 26 heavy (non-hydrogen) atoms. The van der Waals surface area contributed by atoms with E-state index >= 15 is 0 Å². The van der Waals surface area contributed by atoms with E-state index in [-0.39, 0.29) is 0 Å². The number of rotatable bonds is 5. The molecule has 4 atom stereocenters. The van der Waals surface area contributed by atoms with E-state index in [0.717, 1.165) is 30.4 Å². The van der Waals surface area contributed by atoms with Crippen molar-refractivity contribution in [3.63, 3.8) is 0 Å². The fourth-order valence-corrected chi connectivity index (χ4v) is 5.56. The van der Waals surface area contributed by atoms with Crippen molar-refractivity contribution < 1.29 is 4.74 Å². The van der Waals surface area contributed by atoms with Gasteiger partial charge in [0.2, 0.25) is 0 Å². The molecule has 0 radical (unpaired) electrons. The highest BCUT2D eigenvalue weighted by molar-refractivity contribution is 4.98. The molecular weight excluding hydrogens is 324 g/mol. The number of fused-ring (bicyclic) bond motifs is 1. The molecule has 4 aliphatic rings. The molecule has 2 saturated heterocycles. The van der Waals surface area contributed by atoms with Crippen LogP contribution in [0.5, 0.6) is 0 Å². The number of hydrogen-bond acceptors (Lipinski definition) is 4. The van der Waals surface area contributed by atoms with Crippen LogP contribution in [0.3, 0.4) is 0 Å². The van der Waals surface area contributed by atoms with Crippen LogP contribution in [0, 0.1) is 17.8 Å². The number of piperidine rings is 1. The average molecular weight is 359 g/mol. The molecule has 1 aromatic rings. The van der Waals surface area contributed by atoms with Crippen LogP contribution in [-0.2, 0) is 4.74 Å². The third kappa shape index (κ3) is 3.58. The zero-order valence-corrected chi connectivity index (χ0v) is 16.2. The Hall–Kier alpha value is -0.910. The summed E-state index contributed by atoms with van der Waals surface area (Å²) in [7, 11) is 2.26. The van der Waals surface area contributed by atoms with Gasteiger partial charge in [0, 0.05) is 38.1 Å². The molecule has 144 valence electrons. The molecule has 3 heterocycles. The minimum absolute atomic E-state index is 0.356. The first-order valence-corrected chi connectivity index (χ1v) is 10.8. The lowest BCUT2D eigenvalue weighted by molar-refractivity contribution is -0.0371. The summed E-state index contributed by atoms with van der Waals surface area (Å²) in [5.74, 6) is 2.49. The Morgan fingerprint density at radius 3 is 2.50 bits per heavy atom. The van der Waals surface area contributed by atoms with Crippen LogP contribution in [0.25, 0.3) is 0 Å². The highest BCUT2D eigenvalue weighted by atomic mass is 16.5. The highest BCUT2D eigenvalue weighted by Crippen LogP contribution is 2.44. The maximum Gasteiger partial charge on any atom is 0.0802 e. The second-order valence-electron chi connectivity index (χ2n) is 9.35. The molecular formula is C21H34N4O. The van der Waals surface area contributed by atoms with Gasteiger partial charge in [-0.15, -0.1) is 0 Å². The van der Waals surface area contributed by atoms with Gasteiger partial charge in [0.25, 0.3) is 0 Å². The first-order valence-electron chi connectivity index (χ1n) is 10.8. The van der Waals surface area contributed by atoms with Gasteiger partial charge < -0.3 is 9.64 Å². The maximum absolute atomic E-state index is 6.46. The van der Waals surface area contributed by atoms with E-state index < -0.39 is 0 Å². The van der Waals surface area contributed by atoms with Gasteiger partial charge in [0.05, 0.1) is 12.1 Å². The molecule has 0 spiro atoms. The number of nitrogens with zero attached hydrogens (tertiary/aromatic N) is 4. The van der Waals surface area contributed by atoms with Crippen LogP contribution in [0.2, 0.25) is 0 Å². The quantitative estimate of drug-likeness (QED) is 0.810. The first-order chi connectivity index (χ1) is 12.8. The van der Waals surface area contributed by atoms with Crippen LogP contribution in [0.4, 0.5) is 0 Å². The lowest BCUT2D eigenvalue weighted by Crippen LogP contribution is -2.42. The number of ether oxygens (including phenoxy) is 1. The average Bonchev–Trinajstić information content (AvgIpc) is 3.15. The van der Waals surface area contributed by atoms with Crippen LogP contribution in [0.1, 0.15) is 44.6 Å². The number of hydrogen-bond donors (Lipinski definition) is 0. The highest BCUT2D eigenvalue weighted by Gasteiger charge is 2.45. The Bertz CT molecular complexity index is 579. The lowest BCUT2D eigenvalue weighted by Gasteiger charge is -2.38. The van der Waals surface area contributed by atoms with E-state index in [1.54, 1.807) is 0 Å². The summed E-state index contributed by atoms with van der Waals surface area (Å²) in [5, 5.41) is 4.58. The Morgan fingerprint density at radius 2 is 1.81 bits per heavy atom. The zero-order chi connectivity index (χ0) is 17.5. The van der Waals surface area contributed by atoms with Gasteiger partial charge >= 0.3 is 0 Å². The smallest absolute Gasteiger partial charge is 0.0802 e. The summed E-state index contributed by atoms with van der Waals surface area (Å²) in [6.45, 7) is 6.10. The molecule has 1 aromatic heterocycles. The van der Waals surface area contributed by atoms with Crippen molar-refractivity contribution in [1.82, 2.24) is 19.6 Å². The molecule has 2 aliphatic heterocycles. The van der Waals surface area contributed by atoms with Crippen LogP contribution >= 0.6 is 0 Å². The molecule has 5 nitrogen and oxygen atoms in total. The van der Waals surface area contributed by atoms with E-state index in [0.29, 0.717) is 12.1 Å². The van der Waals surface area contributed by atoms with Gasteiger partial charge in [-0.3, -0.25) is 9.58 Å². The Kier molecular flexibility index (Phi) is 4.80. The summed E-state index contributed by atoms with van der Waals surface area (Å²) in [5.41, 5.74) is 0. The monoisotopic (exact) mass is 358 g/mol. The standard InChI is InChI=1S/C21H34N4O/c1-23-9-5-19(6-10-23)24-13-17-11-20(25-8-2-7-22-25)21(12-18(17)14-24)26-15-16-3-4-16/h2,7-8,16-21H,3-6,9-15H2,1H3/t17-,18+,20-,21-/m0/s1. The van der Waals surface area contributed by atoms with Crippen molar-refractivity contribution in [2.75, 3.05) is 39.8 Å². The topological polar surface area (TPSA) is 33.5 Å². The Morgan fingerprint density at radius 1 is 1.04 bits per heavy atom. The second-order valence-corrected chi connectivity index (χ2v) is 9.35. The predicted molar refractivity (Wildman–Crippen MR) is 102 cm³/mol. The first kappa shape index (κ1) is 17.2. The van der Waals surface area contributed by atoms with Crippen LogP contribution in [-0.4, -0.2) is 71.6 Å². The number of likely N-dealkylation sites (tertiary alicyclic amines) is 2. The largest absolute Gasteiger partial charge is 0.376 e. The minimum atomic E-state index is 0.356. The molecule has 0 unspecified atom stereocenters. The normalized spacial score (nSPS) is 37.1. The molecule has 2 aliphatic carbocycles. The molecule has 5 rings (SSSR count). The Labute approximate surface area is 157 Å². The fraction of sp³-hybridized carbons (Fsp3) is 0.857. The van der Waals surface area contributed by atoms with Gasteiger partial charge in [0.15, 0.2) is 0 Å². The maximum atomic E-state index is 6.46. The van der Waals surface area contributed by atoms with E-state index in [2.05, 4.69) is 38.9 Å². The Balaban J connectivity index is 1.26. The second kappa shape index (κ2) is 7.25. The van der Waals surface area contributed by atoms with E-state index in [4.69, 9.17) is 4.74 Å². The van der Waals surface area contributed by atoms with E-state index in [1.807, 2.05) is 6.20 Å². The number of aromatic nitrogens is 2. The molecule has 0 N–H and O–H groups in total. The van der Waals surface area contributed by atoms with E-state index in [9.17, 15) is 0 Å². The van der Waals surface area contributed by atoms with Gasteiger partial charge in [-0.1, -0.05) is 0 Å². The SMILES string of the molecule is CN1CCC(N2C[C@H]3C[C@H](OCC4CC4)[C@@H](n4cccn4)C[C@H]3C2)CC1. The van der Waals surface area contributed by atoms with Crippen molar-refractivity contribution >= 4 is 0 Å². The van der Waals surface area contributed by atoms with Crippen molar-refractivity contribution in [2.45, 2.75) is 56.7 Å². The summed E-state index contributed by atoms with van der Waals surface area (Å²) in [6, 6.07) is 3.30. The molecule has 2 saturated carbocycles. The van der Waals surface area contributed by atoms with Crippen LogP contribution in [0.15, 0.2) is 18.5 Å². The molecule has 0 amide bonds. The van der Waals surface area contributed by atoms with Gasteiger partial charge in [-0.2, -0.15) is 5.10 Å². The lowest BCUT2D eigenvalue weighted by atomic mass is 9.77. The van der Waals surface area contributed by atoms with Gasteiger partial charge in [0.1, 0.15) is 0 Å². The van der Waals surface area contributed by atoms with Gasteiger partial charge in [-0.05, 0) is 82.5 Å². The molecule has 0 bridgehead atoms. The van der Waals surface area contributed by atoms with Crippen molar-refractivity contribution in [1.29, 1.82) is 0 Å². The minimum Gasteiger partial charge on any atom is -0.376 e.